The minimum Gasteiger partial charge on any atom is -0.459 e. The molecule has 132 valence electrons. The van der Waals surface area contributed by atoms with Crippen molar-refractivity contribution in [3.8, 4) is 11.5 Å². The van der Waals surface area contributed by atoms with Crippen LogP contribution < -0.4 is 0 Å². The lowest BCUT2D eigenvalue weighted by Gasteiger charge is -2.29. The Morgan fingerprint density at radius 1 is 1.35 bits per heavy atom. The van der Waals surface area contributed by atoms with Gasteiger partial charge in [0.15, 0.2) is 12.4 Å². The topological polar surface area (TPSA) is 44.8 Å². The zero-order valence-corrected chi connectivity index (χ0v) is 16.3. The number of carbonyl (C=O) groups excluding carboxylic acids is 1. The van der Waals surface area contributed by atoms with E-state index in [2.05, 4.69) is 38.0 Å². The molecular formula is C18H32O4Si. The minimum absolute atomic E-state index is 0.232. The summed E-state index contributed by atoms with van der Waals surface area (Å²) < 4.78 is 17.3. The van der Waals surface area contributed by atoms with Crippen LogP contribution in [0.25, 0.3) is 0 Å². The molecule has 1 aliphatic heterocycles. The van der Waals surface area contributed by atoms with Crippen LogP contribution in [0.3, 0.4) is 0 Å². The van der Waals surface area contributed by atoms with Gasteiger partial charge in [0.25, 0.3) is 0 Å². The minimum atomic E-state index is -1.53. The number of hydrogen-bond acceptors (Lipinski definition) is 4. The van der Waals surface area contributed by atoms with Gasteiger partial charge < -0.3 is 14.2 Å². The fourth-order valence-corrected chi connectivity index (χ4v) is 2.95. The van der Waals surface area contributed by atoms with Gasteiger partial charge in [-0.25, -0.2) is 0 Å². The van der Waals surface area contributed by atoms with Crippen LogP contribution in [0.5, 0.6) is 0 Å². The molecule has 5 heteroatoms. The molecule has 1 aliphatic rings. The zero-order chi connectivity index (χ0) is 17.3. The number of ether oxygens (including phenoxy) is 3. The van der Waals surface area contributed by atoms with Gasteiger partial charge in [-0.15, -0.1) is 5.54 Å². The van der Waals surface area contributed by atoms with Crippen LogP contribution in [0.4, 0.5) is 0 Å². The summed E-state index contributed by atoms with van der Waals surface area (Å²) in [5.74, 6) is 2.97. The lowest BCUT2D eigenvalue weighted by atomic mass is 10.1. The molecule has 0 aliphatic carbocycles. The fourth-order valence-electron chi connectivity index (χ4n) is 2.37. The molecule has 1 fully saturated rings. The van der Waals surface area contributed by atoms with Crippen LogP contribution in [-0.2, 0) is 19.0 Å². The molecule has 0 radical (unpaired) electrons. The Kier molecular flexibility index (Phi) is 8.89. The Morgan fingerprint density at radius 3 is 2.61 bits per heavy atom. The molecule has 0 amide bonds. The SMILES string of the molecule is CCCCC(OC(C)=O)C(C#C[Si](C)(C)C)OC1CCCCO1. The quantitative estimate of drug-likeness (QED) is 0.400. The molecule has 0 N–H and O–H groups in total. The van der Waals surface area contributed by atoms with Gasteiger partial charge in [-0.1, -0.05) is 38.9 Å². The molecule has 3 atom stereocenters. The maximum absolute atomic E-state index is 11.5. The standard InChI is InChI=1S/C18H32O4Si/c1-6-7-10-16(21-15(2)19)17(12-14-23(3,4)5)22-18-11-8-9-13-20-18/h16-18H,6-11,13H2,1-5H3. The third kappa shape index (κ3) is 9.14. The molecule has 1 saturated heterocycles. The third-order valence-electron chi connectivity index (χ3n) is 3.52. The van der Waals surface area contributed by atoms with E-state index in [-0.39, 0.29) is 18.4 Å². The lowest BCUT2D eigenvalue weighted by molar-refractivity contribution is -0.200. The van der Waals surface area contributed by atoms with Gasteiger partial charge in [-0.3, -0.25) is 4.79 Å². The van der Waals surface area contributed by atoms with E-state index in [1.807, 2.05) is 0 Å². The first kappa shape index (κ1) is 20.2. The molecule has 0 spiro atoms. The Bertz CT molecular complexity index is 413. The molecule has 1 heterocycles. The highest BCUT2D eigenvalue weighted by Crippen LogP contribution is 2.20. The lowest BCUT2D eigenvalue weighted by Crippen LogP contribution is -2.37. The largest absolute Gasteiger partial charge is 0.459 e. The van der Waals surface area contributed by atoms with Crippen LogP contribution >= 0.6 is 0 Å². The second-order valence-corrected chi connectivity index (χ2v) is 11.9. The monoisotopic (exact) mass is 340 g/mol. The van der Waals surface area contributed by atoms with Crippen molar-refractivity contribution in [2.75, 3.05) is 6.61 Å². The number of hydrogen-bond donors (Lipinski definition) is 0. The average molecular weight is 341 g/mol. The molecule has 0 bridgehead atoms. The molecule has 4 nitrogen and oxygen atoms in total. The highest BCUT2D eigenvalue weighted by Gasteiger charge is 2.28. The van der Waals surface area contributed by atoms with E-state index < -0.39 is 14.2 Å². The van der Waals surface area contributed by atoms with E-state index >= 15 is 0 Å². The van der Waals surface area contributed by atoms with Crippen molar-refractivity contribution in [1.29, 1.82) is 0 Å². The Balaban J connectivity index is 2.86. The summed E-state index contributed by atoms with van der Waals surface area (Å²) >= 11 is 0. The Hall–Kier alpha value is -0.833. The summed E-state index contributed by atoms with van der Waals surface area (Å²) in [6, 6.07) is 0. The van der Waals surface area contributed by atoms with Crippen molar-refractivity contribution in [2.24, 2.45) is 0 Å². The summed E-state index contributed by atoms with van der Waals surface area (Å²) in [7, 11) is -1.53. The summed E-state index contributed by atoms with van der Waals surface area (Å²) in [6.07, 6.45) is 4.91. The highest BCUT2D eigenvalue weighted by atomic mass is 28.3. The zero-order valence-electron chi connectivity index (χ0n) is 15.3. The van der Waals surface area contributed by atoms with E-state index in [0.29, 0.717) is 0 Å². The van der Waals surface area contributed by atoms with Crippen molar-refractivity contribution >= 4 is 14.0 Å². The molecule has 0 aromatic carbocycles. The van der Waals surface area contributed by atoms with Crippen molar-refractivity contribution in [3.63, 3.8) is 0 Å². The first-order valence-electron chi connectivity index (χ1n) is 8.79. The van der Waals surface area contributed by atoms with Gasteiger partial charge in [-0.2, -0.15) is 0 Å². The van der Waals surface area contributed by atoms with Gasteiger partial charge in [0.1, 0.15) is 14.2 Å². The molecule has 0 aromatic rings. The summed E-state index contributed by atoms with van der Waals surface area (Å²) in [5.41, 5.74) is 3.36. The number of rotatable bonds is 7. The van der Waals surface area contributed by atoms with E-state index in [4.69, 9.17) is 14.2 Å². The predicted octanol–water partition coefficient (Wildman–Crippen LogP) is 3.90. The smallest absolute Gasteiger partial charge is 0.303 e. The average Bonchev–Trinajstić information content (AvgIpc) is 2.47. The number of esters is 1. The summed E-state index contributed by atoms with van der Waals surface area (Å²) in [5, 5.41) is 0. The van der Waals surface area contributed by atoms with Gasteiger partial charge in [0.2, 0.25) is 0 Å². The maximum atomic E-state index is 11.5. The van der Waals surface area contributed by atoms with Crippen LogP contribution in [-0.4, -0.2) is 39.1 Å². The Morgan fingerprint density at radius 2 is 2.09 bits per heavy atom. The van der Waals surface area contributed by atoms with Gasteiger partial charge in [0.05, 0.1) is 0 Å². The van der Waals surface area contributed by atoms with E-state index in [1.165, 1.54) is 6.92 Å². The second kappa shape index (κ2) is 10.1. The maximum Gasteiger partial charge on any atom is 0.303 e. The van der Waals surface area contributed by atoms with Crippen LogP contribution in [0, 0.1) is 11.5 Å². The highest BCUT2D eigenvalue weighted by molar-refractivity contribution is 6.83. The van der Waals surface area contributed by atoms with Crippen molar-refractivity contribution in [2.45, 2.75) is 90.5 Å². The van der Waals surface area contributed by atoms with Crippen LogP contribution in [0.15, 0.2) is 0 Å². The van der Waals surface area contributed by atoms with Gasteiger partial charge in [-0.05, 0) is 32.1 Å². The van der Waals surface area contributed by atoms with Crippen molar-refractivity contribution in [1.82, 2.24) is 0 Å². The van der Waals surface area contributed by atoms with Crippen molar-refractivity contribution in [3.05, 3.63) is 0 Å². The molecule has 3 unspecified atom stereocenters. The fraction of sp³-hybridized carbons (Fsp3) is 0.833. The normalized spacial score (nSPS) is 21.0. The van der Waals surface area contributed by atoms with Gasteiger partial charge in [0, 0.05) is 13.5 Å². The molecule has 0 aromatic heterocycles. The number of unbranched alkanes of at least 4 members (excludes halogenated alkanes) is 1. The summed E-state index contributed by atoms with van der Waals surface area (Å²) in [6.45, 7) is 10.9. The first-order chi connectivity index (χ1) is 10.8. The summed E-state index contributed by atoms with van der Waals surface area (Å²) in [4.78, 5) is 11.5. The third-order valence-corrected chi connectivity index (χ3v) is 4.42. The number of carbonyl (C=O) groups is 1. The van der Waals surface area contributed by atoms with Crippen LogP contribution in [0.1, 0.15) is 52.4 Å². The second-order valence-electron chi connectivity index (χ2n) is 7.16. The van der Waals surface area contributed by atoms with Crippen LogP contribution in [0.2, 0.25) is 19.6 Å². The molecular weight excluding hydrogens is 308 g/mol. The van der Waals surface area contributed by atoms with E-state index in [1.54, 1.807) is 0 Å². The van der Waals surface area contributed by atoms with Crippen molar-refractivity contribution < 1.29 is 19.0 Å². The Labute approximate surface area is 142 Å². The molecule has 0 saturated carbocycles. The molecule has 1 rings (SSSR count). The van der Waals surface area contributed by atoms with E-state index in [9.17, 15) is 4.79 Å². The van der Waals surface area contributed by atoms with Gasteiger partial charge >= 0.3 is 5.97 Å². The van der Waals surface area contributed by atoms with E-state index in [0.717, 1.165) is 45.1 Å². The first-order valence-corrected chi connectivity index (χ1v) is 12.3. The predicted molar refractivity (Wildman–Crippen MR) is 94.7 cm³/mol. The molecule has 23 heavy (non-hydrogen) atoms.